The van der Waals surface area contributed by atoms with Gasteiger partial charge < -0.3 is 25.0 Å². The number of nitrogens with one attached hydrogen (secondary N) is 1. The highest BCUT2D eigenvalue weighted by Gasteiger charge is 2.39. The summed E-state index contributed by atoms with van der Waals surface area (Å²) in [6.07, 6.45) is -2.29. The van der Waals surface area contributed by atoms with Crippen molar-refractivity contribution in [3.63, 3.8) is 0 Å². The van der Waals surface area contributed by atoms with Crippen LogP contribution in [-0.2, 0) is 4.74 Å². The second-order valence-electron chi connectivity index (χ2n) is 4.33. The quantitative estimate of drug-likeness (QED) is 0.458. The van der Waals surface area contributed by atoms with E-state index in [0.717, 1.165) is 0 Å². The number of hydrogen-bond donors (Lipinski definition) is 4. The Morgan fingerprint density at radius 3 is 2.89 bits per heavy atom. The summed E-state index contributed by atoms with van der Waals surface area (Å²) in [4.78, 5) is 21.7. The fourth-order valence-electron chi connectivity index (χ4n) is 2.08. The van der Waals surface area contributed by atoms with Crippen LogP contribution in [-0.4, -0.2) is 59.8 Å². The molecular formula is C10H12N4O5. The van der Waals surface area contributed by atoms with E-state index in [2.05, 4.69) is 15.0 Å². The van der Waals surface area contributed by atoms with Crippen LogP contribution in [0.15, 0.2) is 17.4 Å². The summed E-state index contributed by atoms with van der Waals surface area (Å²) >= 11 is 0. The van der Waals surface area contributed by atoms with Gasteiger partial charge in [-0.05, 0) is 0 Å². The van der Waals surface area contributed by atoms with Gasteiger partial charge in [-0.1, -0.05) is 0 Å². The first-order valence-electron chi connectivity index (χ1n) is 5.65. The van der Waals surface area contributed by atoms with Crippen LogP contribution in [0.1, 0.15) is 6.23 Å². The Morgan fingerprint density at radius 1 is 1.32 bits per heavy atom. The van der Waals surface area contributed by atoms with Crippen LogP contribution in [0.5, 0.6) is 0 Å². The number of H-pyrrole nitrogens is 1. The average molecular weight is 268 g/mol. The van der Waals surface area contributed by atoms with Crippen LogP contribution in [0.25, 0.3) is 11.2 Å². The maximum Gasteiger partial charge on any atom is 0.278 e. The first-order chi connectivity index (χ1) is 9.09. The molecule has 9 nitrogen and oxygen atoms in total. The van der Waals surface area contributed by atoms with E-state index in [0.29, 0.717) is 0 Å². The molecule has 0 saturated carbocycles. The smallest absolute Gasteiger partial charge is 0.278 e. The number of ether oxygens (including phenoxy) is 1. The van der Waals surface area contributed by atoms with Crippen molar-refractivity contribution in [2.75, 3.05) is 6.61 Å². The molecule has 0 bridgehead atoms. The number of imidazole rings is 1. The van der Waals surface area contributed by atoms with Gasteiger partial charge >= 0.3 is 0 Å². The Bertz CT molecular complexity index is 653. The van der Waals surface area contributed by atoms with Gasteiger partial charge in [-0.3, -0.25) is 9.36 Å². The second kappa shape index (κ2) is 4.38. The van der Waals surface area contributed by atoms with Crippen LogP contribution >= 0.6 is 0 Å². The zero-order valence-electron chi connectivity index (χ0n) is 9.67. The predicted molar refractivity (Wildman–Crippen MR) is 61.2 cm³/mol. The first kappa shape index (κ1) is 12.2. The molecule has 4 atom stereocenters. The number of aliphatic hydroxyl groups is 3. The molecule has 2 aromatic rings. The summed E-state index contributed by atoms with van der Waals surface area (Å²) < 4.78 is 6.63. The molecule has 102 valence electrons. The van der Waals surface area contributed by atoms with Gasteiger partial charge in [-0.2, -0.15) is 0 Å². The fraction of sp³-hybridized carbons (Fsp3) is 0.500. The summed E-state index contributed by atoms with van der Waals surface area (Å²) in [7, 11) is 0. The SMILES string of the molecule is O=c1[nH]cnc2c1ncn2[C@@H]1OC[C@@H](O)[C@@H](O)[C@@H]1O. The molecule has 1 fully saturated rings. The van der Waals surface area contributed by atoms with E-state index >= 15 is 0 Å². The molecule has 1 aliphatic heterocycles. The van der Waals surface area contributed by atoms with E-state index in [-0.39, 0.29) is 17.8 Å². The highest BCUT2D eigenvalue weighted by atomic mass is 16.5. The zero-order chi connectivity index (χ0) is 13.6. The molecule has 0 unspecified atom stereocenters. The van der Waals surface area contributed by atoms with Crippen LogP contribution in [0.4, 0.5) is 0 Å². The maximum atomic E-state index is 11.5. The lowest BCUT2D eigenvalue weighted by Gasteiger charge is -2.35. The highest BCUT2D eigenvalue weighted by molar-refractivity contribution is 5.68. The van der Waals surface area contributed by atoms with Crippen LogP contribution in [0, 0.1) is 0 Å². The van der Waals surface area contributed by atoms with Crippen molar-refractivity contribution in [2.24, 2.45) is 0 Å². The van der Waals surface area contributed by atoms with Gasteiger partial charge in [0.05, 0.1) is 19.3 Å². The van der Waals surface area contributed by atoms with Crippen LogP contribution in [0.2, 0.25) is 0 Å². The van der Waals surface area contributed by atoms with Crippen molar-refractivity contribution in [3.05, 3.63) is 23.0 Å². The number of nitrogens with zero attached hydrogens (tertiary/aromatic N) is 3. The lowest BCUT2D eigenvalue weighted by atomic mass is 10.0. The van der Waals surface area contributed by atoms with Crippen molar-refractivity contribution in [2.45, 2.75) is 24.5 Å². The first-order valence-corrected chi connectivity index (χ1v) is 5.65. The lowest BCUT2D eigenvalue weighted by Crippen LogP contribution is -2.50. The number of fused-ring (bicyclic) bond motifs is 1. The minimum Gasteiger partial charge on any atom is -0.388 e. The third kappa shape index (κ3) is 1.83. The van der Waals surface area contributed by atoms with E-state index in [4.69, 9.17) is 4.74 Å². The topological polar surface area (TPSA) is 133 Å². The summed E-state index contributed by atoms with van der Waals surface area (Å²) in [5.74, 6) is 0. The standard InChI is InChI=1S/C10H12N4O5/c15-4-1-19-10(7(17)6(4)16)14-3-13-5-8(14)11-2-12-9(5)18/h2-4,6-7,10,15-17H,1H2,(H,11,12,18)/t4-,6-,7+,10-/m1/s1. The molecule has 19 heavy (non-hydrogen) atoms. The van der Waals surface area contributed by atoms with E-state index in [9.17, 15) is 20.1 Å². The Hall–Kier alpha value is -1.81. The molecule has 0 amide bonds. The van der Waals surface area contributed by atoms with E-state index in [1.165, 1.54) is 17.2 Å². The Balaban J connectivity index is 2.05. The Kier molecular flexibility index (Phi) is 2.82. The fourth-order valence-corrected chi connectivity index (χ4v) is 2.08. The number of aromatic amines is 1. The monoisotopic (exact) mass is 268 g/mol. The van der Waals surface area contributed by atoms with E-state index < -0.39 is 30.1 Å². The van der Waals surface area contributed by atoms with Crippen molar-refractivity contribution >= 4 is 11.2 Å². The third-order valence-corrected chi connectivity index (χ3v) is 3.11. The second-order valence-corrected chi connectivity index (χ2v) is 4.33. The number of aliphatic hydroxyl groups excluding tert-OH is 3. The normalized spacial score (nSPS) is 31.7. The maximum absolute atomic E-state index is 11.5. The predicted octanol–water partition coefficient (Wildman–Crippen LogP) is -2.27. The largest absolute Gasteiger partial charge is 0.388 e. The molecule has 9 heteroatoms. The van der Waals surface area contributed by atoms with Crippen molar-refractivity contribution in [3.8, 4) is 0 Å². The van der Waals surface area contributed by atoms with Gasteiger partial charge in [-0.25, -0.2) is 9.97 Å². The van der Waals surface area contributed by atoms with E-state index in [1.807, 2.05) is 0 Å². The molecular weight excluding hydrogens is 256 g/mol. The van der Waals surface area contributed by atoms with Crippen LogP contribution < -0.4 is 5.56 Å². The minimum absolute atomic E-state index is 0.110. The lowest BCUT2D eigenvalue weighted by molar-refractivity contribution is -0.210. The van der Waals surface area contributed by atoms with Crippen molar-refractivity contribution in [1.82, 2.24) is 19.5 Å². The van der Waals surface area contributed by atoms with Gasteiger partial charge in [0, 0.05) is 0 Å². The van der Waals surface area contributed by atoms with Crippen molar-refractivity contribution < 1.29 is 20.1 Å². The summed E-state index contributed by atoms with van der Waals surface area (Å²) in [5.41, 5.74) is -0.0649. The average Bonchev–Trinajstić information content (AvgIpc) is 2.82. The molecule has 0 aliphatic carbocycles. The number of aromatic nitrogens is 4. The molecule has 4 N–H and O–H groups in total. The molecule has 1 aliphatic rings. The van der Waals surface area contributed by atoms with Crippen LogP contribution in [0.3, 0.4) is 0 Å². The van der Waals surface area contributed by atoms with Gasteiger partial charge in [0.2, 0.25) is 0 Å². The Morgan fingerprint density at radius 2 is 2.11 bits per heavy atom. The third-order valence-electron chi connectivity index (χ3n) is 3.11. The molecule has 0 aromatic carbocycles. The molecule has 1 saturated heterocycles. The summed E-state index contributed by atoms with van der Waals surface area (Å²) in [6, 6.07) is 0. The van der Waals surface area contributed by atoms with E-state index in [1.54, 1.807) is 0 Å². The molecule has 3 rings (SSSR count). The molecule has 0 spiro atoms. The molecule has 3 heterocycles. The molecule has 0 radical (unpaired) electrons. The zero-order valence-corrected chi connectivity index (χ0v) is 9.67. The summed E-state index contributed by atoms with van der Waals surface area (Å²) in [5, 5.41) is 28.9. The Labute approximate surface area is 106 Å². The van der Waals surface area contributed by atoms with Crippen molar-refractivity contribution in [1.29, 1.82) is 0 Å². The number of rotatable bonds is 1. The summed E-state index contributed by atoms with van der Waals surface area (Å²) in [6.45, 7) is -0.133. The molecule has 2 aromatic heterocycles. The van der Waals surface area contributed by atoms with Gasteiger partial charge in [-0.15, -0.1) is 0 Å². The highest BCUT2D eigenvalue weighted by Crippen LogP contribution is 2.25. The van der Waals surface area contributed by atoms with Gasteiger partial charge in [0.25, 0.3) is 5.56 Å². The van der Waals surface area contributed by atoms with Gasteiger partial charge in [0.15, 0.2) is 17.4 Å². The van der Waals surface area contributed by atoms with Gasteiger partial charge in [0.1, 0.15) is 18.3 Å². The minimum atomic E-state index is -1.35. The number of hydrogen-bond acceptors (Lipinski definition) is 7.